The van der Waals surface area contributed by atoms with E-state index in [9.17, 15) is 0 Å². The zero-order valence-corrected chi connectivity index (χ0v) is 13.1. The average molecular weight is 263 g/mol. The van der Waals surface area contributed by atoms with Crippen LogP contribution in [0.3, 0.4) is 0 Å². The van der Waals surface area contributed by atoms with Crippen LogP contribution in [-0.2, 0) is 11.2 Å². The SMILES string of the molecule is COCCNCC(Cc1ccc(C)cc1)C(C)(C)C. The van der Waals surface area contributed by atoms with Gasteiger partial charge in [-0.05, 0) is 36.8 Å². The minimum atomic E-state index is 0.310. The van der Waals surface area contributed by atoms with Crippen LogP contribution < -0.4 is 5.32 Å². The summed E-state index contributed by atoms with van der Waals surface area (Å²) in [6.07, 6.45) is 1.13. The van der Waals surface area contributed by atoms with E-state index in [4.69, 9.17) is 4.74 Å². The summed E-state index contributed by atoms with van der Waals surface area (Å²) < 4.78 is 5.08. The van der Waals surface area contributed by atoms with E-state index >= 15 is 0 Å². The predicted octanol–water partition coefficient (Wildman–Crippen LogP) is 3.44. The first-order chi connectivity index (χ1) is 8.93. The van der Waals surface area contributed by atoms with Gasteiger partial charge in [0.2, 0.25) is 0 Å². The predicted molar refractivity (Wildman–Crippen MR) is 82.6 cm³/mol. The first-order valence-electron chi connectivity index (χ1n) is 7.18. The van der Waals surface area contributed by atoms with Crippen LogP contribution in [0.2, 0.25) is 0 Å². The van der Waals surface area contributed by atoms with Crippen LogP contribution in [0.5, 0.6) is 0 Å². The Morgan fingerprint density at radius 1 is 1.16 bits per heavy atom. The molecule has 1 atom stereocenters. The second kappa shape index (κ2) is 7.66. The molecule has 108 valence electrons. The number of nitrogens with one attached hydrogen (secondary N) is 1. The molecule has 2 heteroatoms. The van der Waals surface area contributed by atoms with E-state index in [-0.39, 0.29) is 0 Å². The number of aryl methyl sites for hydroxylation is 1. The highest BCUT2D eigenvalue weighted by atomic mass is 16.5. The third-order valence-electron chi connectivity index (χ3n) is 3.70. The van der Waals surface area contributed by atoms with Gasteiger partial charge in [0, 0.05) is 13.7 Å². The van der Waals surface area contributed by atoms with Gasteiger partial charge in [0.1, 0.15) is 0 Å². The largest absolute Gasteiger partial charge is 0.383 e. The Labute approximate surface area is 118 Å². The molecule has 19 heavy (non-hydrogen) atoms. The number of hydrogen-bond donors (Lipinski definition) is 1. The monoisotopic (exact) mass is 263 g/mol. The first kappa shape index (κ1) is 16.2. The maximum atomic E-state index is 5.08. The molecule has 1 rings (SSSR count). The normalized spacial score (nSPS) is 13.5. The molecule has 0 radical (unpaired) electrons. The molecule has 0 heterocycles. The standard InChI is InChI=1S/C17H29NO/c1-14-6-8-15(9-7-14)12-16(17(2,3)4)13-18-10-11-19-5/h6-9,16,18H,10-13H2,1-5H3. The summed E-state index contributed by atoms with van der Waals surface area (Å²) in [5.41, 5.74) is 3.07. The maximum absolute atomic E-state index is 5.08. The van der Waals surface area contributed by atoms with Gasteiger partial charge in [-0.1, -0.05) is 50.6 Å². The molecule has 2 nitrogen and oxygen atoms in total. The molecular weight excluding hydrogens is 234 g/mol. The van der Waals surface area contributed by atoms with Crippen LogP contribution in [0.4, 0.5) is 0 Å². The highest BCUT2D eigenvalue weighted by Gasteiger charge is 2.24. The summed E-state index contributed by atoms with van der Waals surface area (Å²) >= 11 is 0. The highest BCUT2D eigenvalue weighted by Crippen LogP contribution is 2.28. The minimum Gasteiger partial charge on any atom is -0.383 e. The van der Waals surface area contributed by atoms with Crippen LogP contribution >= 0.6 is 0 Å². The lowest BCUT2D eigenvalue weighted by atomic mass is 9.77. The Balaban J connectivity index is 2.57. The van der Waals surface area contributed by atoms with Crippen molar-refractivity contribution in [3.63, 3.8) is 0 Å². The Bertz CT molecular complexity index is 351. The summed E-state index contributed by atoms with van der Waals surface area (Å²) in [5, 5.41) is 3.50. The zero-order valence-electron chi connectivity index (χ0n) is 13.1. The van der Waals surface area contributed by atoms with Crippen LogP contribution in [0.15, 0.2) is 24.3 Å². The van der Waals surface area contributed by atoms with E-state index in [0.29, 0.717) is 11.3 Å². The Morgan fingerprint density at radius 2 is 1.79 bits per heavy atom. The molecular formula is C17H29NO. The molecule has 1 aromatic carbocycles. The van der Waals surface area contributed by atoms with E-state index < -0.39 is 0 Å². The lowest BCUT2D eigenvalue weighted by molar-refractivity contribution is 0.186. The van der Waals surface area contributed by atoms with Gasteiger partial charge >= 0.3 is 0 Å². The highest BCUT2D eigenvalue weighted by molar-refractivity contribution is 5.22. The van der Waals surface area contributed by atoms with E-state index in [1.165, 1.54) is 11.1 Å². The summed E-state index contributed by atoms with van der Waals surface area (Å²) in [4.78, 5) is 0. The number of rotatable bonds is 7. The molecule has 1 unspecified atom stereocenters. The third-order valence-corrected chi connectivity index (χ3v) is 3.70. The van der Waals surface area contributed by atoms with E-state index in [0.717, 1.165) is 26.1 Å². The van der Waals surface area contributed by atoms with Crippen LogP contribution in [0, 0.1) is 18.3 Å². The topological polar surface area (TPSA) is 21.3 Å². The zero-order chi connectivity index (χ0) is 14.3. The molecule has 0 saturated carbocycles. The summed E-state index contributed by atoms with van der Waals surface area (Å²) in [6.45, 7) is 11.9. The third kappa shape index (κ3) is 6.22. The minimum absolute atomic E-state index is 0.310. The van der Waals surface area contributed by atoms with Gasteiger partial charge in [0.25, 0.3) is 0 Å². The lowest BCUT2D eigenvalue weighted by Crippen LogP contribution is -2.34. The second-order valence-electron chi connectivity index (χ2n) is 6.45. The van der Waals surface area contributed by atoms with Crippen molar-refractivity contribution in [3.05, 3.63) is 35.4 Å². The van der Waals surface area contributed by atoms with Crippen LogP contribution in [-0.4, -0.2) is 26.8 Å². The van der Waals surface area contributed by atoms with Crippen molar-refractivity contribution in [1.82, 2.24) is 5.32 Å². The molecule has 0 aromatic heterocycles. The lowest BCUT2D eigenvalue weighted by Gasteiger charge is -2.31. The van der Waals surface area contributed by atoms with Gasteiger partial charge in [0.05, 0.1) is 6.61 Å². The van der Waals surface area contributed by atoms with Gasteiger partial charge in [0.15, 0.2) is 0 Å². The second-order valence-corrected chi connectivity index (χ2v) is 6.45. The molecule has 0 aliphatic carbocycles. The van der Waals surface area contributed by atoms with Gasteiger partial charge in [-0.15, -0.1) is 0 Å². The number of ether oxygens (including phenoxy) is 1. The number of hydrogen-bond acceptors (Lipinski definition) is 2. The molecule has 0 saturated heterocycles. The van der Waals surface area contributed by atoms with E-state index in [1.807, 2.05) is 0 Å². The fraction of sp³-hybridized carbons (Fsp3) is 0.647. The Morgan fingerprint density at radius 3 is 2.32 bits per heavy atom. The van der Waals surface area contributed by atoms with Gasteiger partial charge < -0.3 is 10.1 Å². The van der Waals surface area contributed by atoms with Crippen molar-refractivity contribution in [3.8, 4) is 0 Å². The first-order valence-corrected chi connectivity index (χ1v) is 7.18. The fourth-order valence-corrected chi connectivity index (χ4v) is 2.14. The van der Waals surface area contributed by atoms with Crippen molar-refractivity contribution >= 4 is 0 Å². The molecule has 0 spiro atoms. The van der Waals surface area contributed by atoms with Crippen molar-refractivity contribution in [2.75, 3.05) is 26.8 Å². The Hall–Kier alpha value is -0.860. The summed E-state index contributed by atoms with van der Waals surface area (Å²) in [6, 6.07) is 8.91. The summed E-state index contributed by atoms with van der Waals surface area (Å²) in [7, 11) is 1.75. The van der Waals surface area contributed by atoms with Gasteiger partial charge in [-0.2, -0.15) is 0 Å². The maximum Gasteiger partial charge on any atom is 0.0587 e. The summed E-state index contributed by atoms with van der Waals surface area (Å²) in [5.74, 6) is 0.632. The molecule has 1 N–H and O–H groups in total. The van der Waals surface area contributed by atoms with Gasteiger partial charge in [-0.25, -0.2) is 0 Å². The molecule has 0 bridgehead atoms. The smallest absolute Gasteiger partial charge is 0.0587 e. The van der Waals surface area contributed by atoms with Crippen molar-refractivity contribution in [1.29, 1.82) is 0 Å². The van der Waals surface area contributed by atoms with Crippen LogP contribution in [0.25, 0.3) is 0 Å². The molecule has 0 aliphatic rings. The number of methoxy groups -OCH3 is 1. The molecule has 1 aromatic rings. The van der Waals surface area contributed by atoms with Gasteiger partial charge in [-0.3, -0.25) is 0 Å². The number of benzene rings is 1. The van der Waals surface area contributed by atoms with Crippen molar-refractivity contribution in [2.45, 2.75) is 34.1 Å². The average Bonchev–Trinajstić information content (AvgIpc) is 2.34. The quantitative estimate of drug-likeness (QED) is 0.761. The van der Waals surface area contributed by atoms with Crippen molar-refractivity contribution < 1.29 is 4.74 Å². The van der Waals surface area contributed by atoms with E-state index in [2.05, 4.69) is 57.3 Å². The molecule has 0 aliphatic heterocycles. The van der Waals surface area contributed by atoms with E-state index in [1.54, 1.807) is 7.11 Å². The van der Waals surface area contributed by atoms with Crippen molar-refractivity contribution in [2.24, 2.45) is 11.3 Å². The fourth-order valence-electron chi connectivity index (χ4n) is 2.14. The molecule has 0 fully saturated rings. The molecule has 0 amide bonds. The van der Waals surface area contributed by atoms with Crippen LogP contribution in [0.1, 0.15) is 31.9 Å². The Kier molecular flexibility index (Phi) is 6.53.